The van der Waals surface area contributed by atoms with E-state index in [0.29, 0.717) is 0 Å². The molecule has 0 aromatic heterocycles. The summed E-state index contributed by atoms with van der Waals surface area (Å²) in [5, 5.41) is -0.539. The minimum absolute atomic E-state index is 0.0751. The molecule has 3 aromatic rings. The van der Waals surface area contributed by atoms with Gasteiger partial charge in [-0.15, -0.1) is 23.5 Å². The van der Waals surface area contributed by atoms with Gasteiger partial charge in [-0.05, 0) is 73.5 Å². The first kappa shape index (κ1) is 24.6. The van der Waals surface area contributed by atoms with E-state index < -0.39 is 0 Å². The molecule has 2 aliphatic heterocycles. The highest BCUT2D eigenvalue weighted by Crippen LogP contribution is 2.48. The standard InChI is InChI=1S/C28H28N2O4S2/c1-17-25(31)29(27(35-17)19-5-13-23(33-3)14-6-19)21-9-11-22(12-10-21)30-26(32)18(2)36-28(30)20-7-15-24(34-4)16-8-20/h5-18,27-28H,1-4H3/t17-,18-,27-,28+/m1/s1. The van der Waals surface area contributed by atoms with Gasteiger partial charge in [-0.25, -0.2) is 0 Å². The van der Waals surface area contributed by atoms with Crippen LogP contribution in [0.15, 0.2) is 72.8 Å². The Morgan fingerprint density at radius 3 is 1.22 bits per heavy atom. The zero-order valence-electron chi connectivity index (χ0n) is 20.6. The van der Waals surface area contributed by atoms with Gasteiger partial charge >= 0.3 is 0 Å². The zero-order valence-corrected chi connectivity index (χ0v) is 22.2. The number of hydrogen-bond acceptors (Lipinski definition) is 6. The summed E-state index contributed by atoms with van der Waals surface area (Å²) in [5.41, 5.74) is 3.72. The Morgan fingerprint density at radius 1 is 0.583 bits per heavy atom. The van der Waals surface area contributed by atoms with E-state index in [9.17, 15) is 9.59 Å². The number of rotatable bonds is 6. The number of thioether (sulfide) groups is 2. The highest BCUT2D eigenvalue weighted by molar-refractivity contribution is 8.01. The molecule has 2 fully saturated rings. The molecule has 2 saturated heterocycles. The molecule has 0 radical (unpaired) electrons. The maximum absolute atomic E-state index is 13.1. The number of nitrogens with zero attached hydrogens (tertiary/aromatic N) is 2. The highest BCUT2D eigenvalue weighted by Gasteiger charge is 2.41. The molecule has 2 amide bonds. The molecule has 0 saturated carbocycles. The molecule has 4 atom stereocenters. The van der Waals surface area contributed by atoms with E-state index in [0.717, 1.165) is 34.0 Å². The Hall–Kier alpha value is -3.10. The van der Waals surface area contributed by atoms with Crippen molar-refractivity contribution in [3.8, 4) is 11.5 Å². The second-order valence-electron chi connectivity index (χ2n) is 8.74. The molecule has 36 heavy (non-hydrogen) atoms. The van der Waals surface area contributed by atoms with Crippen molar-refractivity contribution in [3.05, 3.63) is 83.9 Å². The Bertz CT molecular complexity index is 1150. The van der Waals surface area contributed by atoms with E-state index in [1.807, 2.05) is 96.4 Å². The van der Waals surface area contributed by atoms with Gasteiger partial charge in [-0.3, -0.25) is 19.4 Å². The van der Waals surface area contributed by atoms with Crippen LogP contribution in [0.2, 0.25) is 0 Å². The lowest BCUT2D eigenvalue weighted by atomic mass is 10.1. The molecule has 186 valence electrons. The first-order valence-corrected chi connectivity index (χ1v) is 13.6. The summed E-state index contributed by atoms with van der Waals surface area (Å²) in [6.07, 6.45) is 0. The van der Waals surface area contributed by atoms with Gasteiger partial charge in [-0.2, -0.15) is 0 Å². The molecule has 0 N–H and O–H groups in total. The van der Waals surface area contributed by atoms with E-state index in [-0.39, 0.29) is 33.1 Å². The number of carbonyl (C=O) groups is 2. The second-order valence-corrected chi connectivity index (χ2v) is 11.6. The third kappa shape index (κ3) is 4.44. The van der Waals surface area contributed by atoms with Crippen LogP contribution in [-0.2, 0) is 9.59 Å². The van der Waals surface area contributed by atoms with Gasteiger partial charge in [-0.1, -0.05) is 24.3 Å². The fourth-order valence-electron chi connectivity index (χ4n) is 4.54. The van der Waals surface area contributed by atoms with E-state index in [1.165, 1.54) is 0 Å². The van der Waals surface area contributed by atoms with Crippen LogP contribution in [0.3, 0.4) is 0 Å². The van der Waals surface area contributed by atoms with Crippen molar-refractivity contribution in [1.82, 2.24) is 0 Å². The van der Waals surface area contributed by atoms with Gasteiger partial charge in [0, 0.05) is 11.4 Å². The van der Waals surface area contributed by atoms with Crippen LogP contribution in [0.4, 0.5) is 11.4 Å². The Kier molecular flexibility index (Phi) is 6.90. The number of hydrogen-bond donors (Lipinski definition) is 0. The van der Waals surface area contributed by atoms with E-state index in [1.54, 1.807) is 37.7 Å². The summed E-state index contributed by atoms with van der Waals surface area (Å²) in [4.78, 5) is 30.0. The van der Waals surface area contributed by atoms with Crippen molar-refractivity contribution in [1.29, 1.82) is 0 Å². The molecule has 2 aliphatic rings. The van der Waals surface area contributed by atoms with Crippen LogP contribution >= 0.6 is 23.5 Å². The third-order valence-corrected chi connectivity index (χ3v) is 9.21. The van der Waals surface area contributed by atoms with Crippen molar-refractivity contribution in [2.24, 2.45) is 0 Å². The largest absolute Gasteiger partial charge is 0.497 e. The third-order valence-electron chi connectivity index (χ3n) is 6.51. The fraction of sp³-hybridized carbons (Fsp3) is 0.286. The Balaban J connectivity index is 1.44. The van der Waals surface area contributed by atoms with Crippen molar-refractivity contribution in [3.63, 3.8) is 0 Å². The molecule has 6 nitrogen and oxygen atoms in total. The van der Waals surface area contributed by atoms with E-state index in [2.05, 4.69) is 0 Å². The van der Waals surface area contributed by atoms with Gasteiger partial charge in [0.15, 0.2) is 0 Å². The van der Waals surface area contributed by atoms with Crippen molar-refractivity contribution >= 4 is 46.7 Å². The first-order valence-electron chi connectivity index (χ1n) is 11.8. The summed E-state index contributed by atoms with van der Waals surface area (Å²) in [7, 11) is 3.28. The van der Waals surface area contributed by atoms with Crippen LogP contribution in [0.25, 0.3) is 0 Å². The predicted octanol–water partition coefficient (Wildman–Crippen LogP) is 6.04. The minimum Gasteiger partial charge on any atom is -0.497 e. The van der Waals surface area contributed by atoms with Crippen LogP contribution in [0.5, 0.6) is 11.5 Å². The number of amides is 2. The number of anilines is 2. The first-order chi connectivity index (χ1) is 17.4. The van der Waals surface area contributed by atoms with E-state index >= 15 is 0 Å². The zero-order chi connectivity index (χ0) is 25.4. The molecule has 3 aromatic carbocycles. The molecule has 0 aliphatic carbocycles. The number of ether oxygens (including phenoxy) is 2. The summed E-state index contributed by atoms with van der Waals surface area (Å²) >= 11 is 3.26. The lowest BCUT2D eigenvalue weighted by molar-refractivity contribution is -0.118. The normalized spacial score (nSPS) is 23.9. The quantitative estimate of drug-likeness (QED) is 0.395. The van der Waals surface area contributed by atoms with Crippen LogP contribution in [0.1, 0.15) is 35.7 Å². The van der Waals surface area contributed by atoms with Crippen LogP contribution in [0, 0.1) is 0 Å². The average Bonchev–Trinajstić information content (AvgIpc) is 3.38. The Morgan fingerprint density at radius 2 is 0.917 bits per heavy atom. The maximum Gasteiger partial charge on any atom is 0.241 e. The lowest BCUT2D eigenvalue weighted by Crippen LogP contribution is -2.31. The molecule has 0 unspecified atom stereocenters. The molecule has 0 spiro atoms. The van der Waals surface area contributed by atoms with Gasteiger partial charge in [0.05, 0.1) is 24.7 Å². The molecule has 8 heteroatoms. The molecule has 0 bridgehead atoms. The summed E-state index contributed by atoms with van der Waals surface area (Å²) in [6, 6.07) is 23.4. The number of carbonyl (C=O) groups excluding carboxylic acids is 2. The van der Waals surface area contributed by atoms with Crippen LogP contribution in [-0.4, -0.2) is 36.5 Å². The summed E-state index contributed by atoms with van der Waals surface area (Å²) < 4.78 is 10.6. The topological polar surface area (TPSA) is 59.1 Å². The highest BCUT2D eigenvalue weighted by atomic mass is 32.2. The van der Waals surface area contributed by atoms with Crippen molar-refractivity contribution in [2.45, 2.75) is 35.1 Å². The average molecular weight is 521 g/mol. The fourth-order valence-corrected chi connectivity index (χ4v) is 7.10. The molecule has 5 rings (SSSR count). The van der Waals surface area contributed by atoms with Crippen LogP contribution < -0.4 is 19.3 Å². The minimum atomic E-state index is -0.145. The van der Waals surface area contributed by atoms with Crippen molar-refractivity contribution < 1.29 is 19.1 Å². The second kappa shape index (κ2) is 10.1. The van der Waals surface area contributed by atoms with E-state index in [4.69, 9.17) is 9.47 Å². The summed E-state index contributed by atoms with van der Waals surface area (Å²) in [6.45, 7) is 3.89. The van der Waals surface area contributed by atoms with Gasteiger partial charge in [0.2, 0.25) is 11.8 Å². The lowest BCUT2D eigenvalue weighted by Gasteiger charge is -2.27. The van der Waals surface area contributed by atoms with Crippen molar-refractivity contribution in [2.75, 3.05) is 24.0 Å². The molecular weight excluding hydrogens is 492 g/mol. The van der Waals surface area contributed by atoms with Gasteiger partial charge < -0.3 is 9.47 Å². The van der Waals surface area contributed by atoms with Gasteiger partial charge in [0.1, 0.15) is 22.2 Å². The SMILES string of the molecule is COc1ccc([C@H]2S[C@H](C)C(=O)N2c2ccc(N3C(=O)[C@@H](C)S[C@H]3c3ccc(OC)cc3)cc2)cc1. The summed E-state index contributed by atoms with van der Waals surface area (Å²) in [5.74, 6) is 1.72. The maximum atomic E-state index is 13.1. The monoisotopic (exact) mass is 520 g/mol. The Labute approximate surface area is 219 Å². The number of methoxy groups -OCH3 is 2. The molecule has 2 heterocycles. The van der Waals surface area contributed by atoms with Gasteiger partial charge in [0.25, 0.3) is 0 Å². The number of benzene rings is 3. The smallest absolute Gasteiger partial charge is 0.241 e. The predicted molar refractivity (Wildman–Crippen MR) is 147 cm³/mol. The molecular formula is C28H28N2O4S2.